The van der Waals surface area contributed by atoms with Crippen molar-refractivity contribution < 1.29 is 43.6 Å². The molecule has 1 saturated heterocycles. The van der Waals surface area contributed by atoms with Crippen LogP contribution in [-0.2, 0) is 38.1 Å². The fraction of sp³-hybridized carbons (Fsp3) is 0.833. The molecule has 202 valence electrons. The number of quaternary nitrogens is 1. The van der Waals surface area contributed by atoms with Gasteiger partial charge < -0.3 is 18.9 Å². The summed E-state index contributed by atoms with van der Waals surface area (Å²) in [4.78, 5) is 52.1. The molecule has 0 amide bonds. The monoisotopic (exact) mass is 502 g/mol. The summed E-state index contributed by atoms with van der Waals surface area (Å²) in [7, 11) is 0. The van der Waals surface area contributed by atoms with Gasteiger partial charge in [0.2, 0.25) is 0 Å². The van der Waals surface area contributed by atoms with Crippen molar-refractivity contribution in [1.29, 1.82) is 0 Å². The Kier molecular flexibility index (Phi) is 12.1. The zero-order valence-electron chi connectivity index (χ0n) is 22.5. The van der Waals surface area contributed by atoms with Crippen LogP contribution < -0.4 is 5.43 Å². The lowest BCUT2D eigenvalue weighted by atomic mass is 9.88. The third-order valence-corrected chi connectivity index (χ3v) is 6.17. The van der Waals surface area contributed by atoms with E-state index < -0.39 is 46.8 Å². The molecule has 0 aromatic rings. The van der Waals surface area contributed by atoms with Crippen molar-refractivity contribution in [2.45, 2.75) is 79.3 Å². The molecule has 1 fully saturated rings. The third kappa shape index (κ3) is 8.73. The lowest BCUT2D eigenvalue weighted by Gasteiger charge is -2.37. The zero-order chi connectivity index (χ0) is 26.8. The second kappa shape index (κ2) is 13.7. The molecule has 0 unspecified atom stereocenters. The normalized spacial score (nSPS) is 15.4. The van der Waals surface area contributed by atoms with E-state index in [4.69, 9.17) is 18.9 Å². The Bertz CT molecular complexity index is 644. The van der Waals surface area contributed by atoms with Crippen molar-refractivity contribution in [3.05, 3.63) is 0 Å². The van der Waals surface area contributed by atoms with Gasteiger partial charge in [0.15, 0.2) is 18.5 Å². The standard InChI is InChI=1S/C24H43N3O8/c1-9-32-19(28)17(20(29)33-10-2)13-23(5,6)26-15-25-27(16-26)24(7,8)14-18(21(30)34-11-3)22(31)35-12-4/h17-18,25H,9-16H2,1-8H3/p+1. The Morgan fingerprint density at radius 1 is 0.686 bits per heavy atom. The van der Waals surface area contributed by atoms with Gasteiger partial charge in [-0.1, -0.05) is 0 Å². The van der Waals surface area contributed by atoms with Crippen LogP contribution in [0.3, 0.4) is 0 Å². The highest BCUT2D eigenvalue weighted by Crippen LogP contribution is 2.29. The van der Waals surface area contributed by atoms with E-state index in [2.05, 4.69) is 9.91 Å². The highest BCUT2D eigenvalue weighted by molar-refractivity contribution is 5.95. The van der Waals surface area contributed by atoms with Crippen LogP contribution in [0.15, 0.2) is 0 Å². The Labute approximate surface area is 208 Å². The topological polar surface area (TPSA) is 128 Å². The molecule has 0 aromatic carbocycles. The fourth-order valence-electron chi connectivity index (χ4n) is 4.12. The van der Waals surface area contributed by atoms with Crippen LogP contribution >= 0.6 is 0 Å². The minimum atomic E-state index is -1.03. The molecule has 1 aliphatic heterocycles. The van der Waals surface area contributed by atoms with Crippen molar-refractivity contribution in [2.75, 3.05) is 39.8 Å². The molecular formula is C24H44N3O8+. The highest BCUT2D eigenvalue weighted by atomic mass is 16.6. The SMILES string of the molecule is CCOC(=O)C(CC(C)(C)N1C[NH2+]N(C(C)(C)CC(C(=O)OCC)C(=O)OCC)C1)C(=O)OCC. The molecule has 11 nitrogen and oxygen atoms in total. The van der Waals surface area contributed by atoms with Crippen LogP contribution in [0.25, 0.3) is 0 Å². The predicted octanol–water partition coefficient (Wildman–Crippen LogP) is 0.820. The number of hydrogen-bond donors (Lipinski definition) is 1. The number of esters is 4. The molecule has 0 aliphatic carbocycles. The molecular weight excluding hydrogens is 458 g/mol. The summed E-state index contributed by atoms with van der Waals surface area (Å²) in [6, 6.07) is 0. The maximum Gasteiger partial charge on any atom is 0.320 e. The lowest BCUT2D eigenvalue weighted by molar-refractivity contribution is -0.800. The summed E-state index contributed by atoms with van der Waals surface area (Å²) in [6.45, 7) is 16.4. The maximum atomic E-state index is 12.5. The predicted molar refractivity (Wildman–Crippen MR) is 126 cm³/mol. The fourth-order valence-corrected chi connectivity index (χ4v) is 4.12. The van der Waals surface area contributed by atoms with Crippen molar-refractivity contribution in [1.82, 2.24) is 9.91 Å². The van der Waals surface area contributed by atoms with E-state index in [0.29, 0.717) is 13.3 Å². The van der Waals surface area contributed by atoms with E-state index in [0.717, 1.165) is 0 Å². The van der Waals surface area contributed by atoms with Crippen LogP contribution in [0.4, 0.5) is 0 Å². The summed E-state index contributed by atoms with van der Waals surface area (Å²) >= 11 is 0. The molecule has 1 heterocycles. The average molecular weight is 503 g/mol. The average Bonchev–Trinajstić information content (AvgIpc) is 3.29. The molecule has 35 heavy (non-hydrogen) atoms. The molecule has 0 spiro atoms. The van der Waals surface area contributed by atoms with Gasteiger partial charge in [-0.05, 0) is 68.2 Å². The summed E-state index contributed by atoms with van der Waals surface area (Å²) in [5.74, 6) is -4.43. The first kappa shape index (κ1) is 30.8. The van der Waals surface area contributed by atoms with Crippen molar-refractivity contribution in [3.63, 3.8) is 0 Å². The first-order valence-electron chi connectivity index (χ1n) is 12.4. The molecule has 2 N–H and O–H groups in total. The number of nitrogens with zero attached hydrogens (tertiary/aromatic N) is 2. The van der Waals surface area contributed by atoms with E-state index >= 15 is 0 Å². The molecule has 0 bridgehead atoms. The van der Waals surface area contributed by atoms with Gasteiger partial charge >= 0.3 is 23.9 Å². The largest absolute Gasteiger partial charge is 0.465 e. The summed E-state index contributed by atoms with van der Waals surface area (Å²) < 4.78 is 20.5. The first-order chi connectivity index (χ1) is 16.3. The van der Waals surface area contributed by atoms with Crippen LogP contribution in [-0.4, -0.2) is 84.6 Å². The maximum absolute atomic E-state index is 12.5. The number of ether oxygens (including phenoxy) is 4. The van der Waals surface area contributed by atoms with Crippen molar-refractivity contribution in [3.8, 4) is 0 Å². The Morgan fingerprint density at radius 2 is 1.03 bits per heavy atom. The van der Waals surface area contributed by atoms with Crippen LogP contribution in [0.5, 0.6) is 0 Å². The number of carbonyl (C=O) groups excluding carboxylic acids is 4. The van der Waals surface area contributed by atoms with Gasteiger partial charge in [-0.3, -0.25) is 24.6 Å². The van der Waals surface area contributed by atoms with Gasteiger partial charge in [0, 0.05) is 5.54 Å². The van der Waals surface area contributed by atoms with Crippen LogP contribution in [0, 0.1) is 11.8 Å². The second-order valence-electron chi connectivity index (χ2n) is 9.66. The quantitative estimate of drug-likeness (QED) is 0.158. The van der Waals surface area contributed by atoms with E-state index in [1.807, 2.05) is 33.1 Å². The third-order valence-electron chi connectivity index (χ3n) is 6.17. The smallest absolute Gasteiger partial charge is 0.320 e. The molecule has 1 rings (SSSR count). The molecule has 0 radical (unpaired) electrons. The number of carbonyl (C=O) groups is 4. The zero-order valence-corrected chi connectivity index (χ0v) is 22.5. The molecule has 0 saturated carbocycles. The summed E-state index contributed by atoms with van der Waals surface area (Å²) in [5.41, 5.74) is 0.878. The minimum absolute atomic E-state index is 0.176. The van der Waals surface area contributed by atoms with Crippen molar-refractivity contribution >= 4 is 23.9 Å². The van der Waals surface area contributed by atoms with Crippen molar-refractivity contribution in [2.24, 2.45) is 11.8 Å². The molecule has 0 aromatic heterocycles. The van der Waals surface area contributed by atoms with E-state index in [9.17, 15) is 19.2 Å². The molecule has 0 atom stereocenters. The Morgan fingerprint density at radius 3 is 1.37 bits per heavy atom. The number of rotatable bonds is 14. The van der Waals surface area contributed by atoms with Gasteiger partial charge in [0.1, 0.15) is 6.67 Å². The van der Waals surface area contributed by atoms with Gasteiger partial charge in [-0.2, -0.15) is 0 Å². The number of hydrogen-bond acceptors (Lipinski definition) is 10. The van der Waals surface area contributed by atoms with Gasteiger partial charge in [-0.15, -0.1) is 5.01 Å². The van der Waals surface area contributed by atoms with Gasteiger partial charge in [-0.25, -0.2) is 4.90 Å². The Balaban J connectivity index is 2.98. The van der Waals surface area contributed by atoms with Crippen LogP contribution in [0.1, 0.15) is 68.2 Å². The summed E-state index contributed by atoms with van der Waals surface area (Å²) in [6.07, 6.45) is 0.435. The van der Waals surface area contributed by atoms with Gasteiger partial charge in [0.25, 0.3) is 0 Å². The molecule has 1 aliphatic rings. The van der Waals surface area contributed by atoms with E-state index in [1.54, 1.807) is 27.7 Å². The minimum Gasteiger partial charge on any atom is -0.465 e. The lowest BCUT2D eigenvalue weighted by Crippen LogP contribution is -2.94. The van der Waals surface area contributed by atoms with Crippen LogP contribution in [0.2, 0.25) is 0 Å². The molecule has 11 heteroatoms. The van der Waals surface area contributed by atoms with Gasteiger partial charge in [0.05, 0.1) is 32.0 Å². The first-order valence-corrected chi connectivity index (χ1v) is 12.4. The Hall–Kier alpha value is -2.24. The van der Waals surface area contributed by atoms with E-state index in [1.165, 1.54) is 0 Å². The van der Waals surface area contributed by atoms with E-state index in [-0.39, 0.29) is 39.3 Å². The number of nitrogens with two attached hydrogens (primary N) is 1. The summed E-state index contributed by atoms with van der Waals surface area (Å²) in [5, 5.41) is 2.06. The highest BCUT2D eigenvalue weighted by Gasteiger charge is 2.47. The second-order valence-corrected chi connectivity index (χ2v) is 9.66.